The van der Waals surface area contributed by atoms with Gasteiger partial charge in [0.2, 0.25) is 0 Å². The van der Waals surface area contributed by atoms with Crippen molar-refractivity contribution < 1.29 is 0 Å². The summed E-state index contributed by atoms with van der Waals surface area (Å²) in [6, 6.07) is 15.1. The van der Waals surface area contributed by atoms with Gasteiger partial charge in [-0.3, -0.25) is 4.90 Å². The summed E-state index contributed by atoms with van der Waals surface area (Å²) in [6.07, 6.45) is 0. The van der Waals surface area contributed by atoms with E-state index in [9.17, 15) is 0 Å². The number of rotatable bonds is 9. The fourth-order valence-corrected chi connectivity index (χ4v) is 2.52. The Hall–Kier alpha value is -1.46. The van der Waals surface area contributed by atoms with E-state index in [4.69, 9.17) is 11.5 Å². The number of nitrogens with zero attached hydrogens (tertiary/aromatic N) is 1. The van der Waals surface area contributed by atoms with Crippen molar-refractivity contribution in [2.75, 3.05) is 39.3 Å². The molecular weight excluding hydrogens is 260 g/mol. The van der Waals surface area contributed by atoms with Crippen LogP contribution >= 0.6 is 0 Å². The van der Waals surface area contributed by atoms with Gasteiger partial charge in [0.05, 0.1) is 0 Å². The Kier molecular flexibility index (Phi) is 6.63. The van der Waals surface area contributed by atoms with Gasteiger partial charge >= 0.3 is 0 Å². The molecule has 114 valence electrons. The zero-order valence-corrected chi connectivity index (χ0v) is 12.6. The summed E-state index contributed by atoms with van der Waals surface area (Å²) in [5.74, 6) is 0. The SMILES string of the molecule is NCCN(CCN)CCNCc1ccc2ccccc2c1. The number of nitrogens with two attached hydrogens (primary N) is 2. The third-order valence-electron chi connectivity index (χ3n) is 3.64. The smallest absolute Gasteiger partial charge is 0.0206 e. The molecule has 0 saturated carbocycles. The van der Waals surface area contributed by atoms with E-state index >= 15 is 0 Å². The predicted molar refractivity (Wildman–Crippen MR) is 90.2 cm³/mol. The Bertz CT molecular complexity index is 535. The molecule has 2 rings (SSSR count). The molecule has 0 atom stereocenters. The van der Waals surface area contributed by atoms with Crippen LogP contribution in [0.25, 0.3) is 10.8 Å². The van der Waals surface area contributed by atoms with Gasteiger partial charge < -0.3 is 16.8 Å². The fourth-order valence-electron chi connectivity index (χ4n) is 2.52. The third-order valence-corrected chi connectivity index (χ3v) is 3.64. The van der Waals surface area contributed by atoms with Crippen molar-refractivity contribution in [3.05, 3.63) is 48.0 Å². The molecule has 0 amide bonds. The molecule has 0 aliphatic heterocycles. The first kappa shape index (κ1) is 15.9. The normalized spacial score (nSPS) is 11.4. The topological polar surface area (TPSA) is 67.3 Å². The Morgan fingerprint density at radius 1 is 0.857 bits per heavy atom. The van der Waals surface area contributed by atoms with Crippen LogP contribution in [0.3, 0.4) is 0 Å². The molecule has 0 unspecified atom stereocenters. The molecule has 0 aromatic heterocycles. The van der Waals surface area contributed by atoms with Gasteiger partial charge in [-0.2, -0.15) is 0 Å². The molecule has 5 N–H and O–H groups in total. The molecule has 21 heavy (non-hydrogen) atoms. The van der Waals surface area contributed by atoms with Crippen molar-refractivity contribution in [1.29, 1.82) is 0 Å². The van der Waals surface area contributed by atoms with Crippen LogP contribution in [0.1, 0.15) is 5.56 Å². The molecule has 0 fully saturated rings. The van der Waals surface area contributed by atoms with E-state index in [1.165, 1.54) is 16.3 Å². The molecule has 0 aliphatic rings. The van der Waals surface area contributed by atoms with Crippen molar-refractivity contribution in [3.8, 4) is 0 Å². The van der Waals surface area contributed by atoms with Gasteiger partial charge in [-0.1, -0.05) is 36.4 Å². The van der Waals surface area contributed by atoms with E-state index in [2.05, 4.69) is 52.7 Å². The molecular formula is C17H26N4. The van der Waals surface area contributed by atoms with Gasteiger partial charge in [0.25, 0.3) is 0 Å². The number of hydrogen-bond acceptors (Lipinski definition) is 4. The summed E-state index contributed by atoms with van der Waals surface area (Å²) in [5.41, 5.74) is 12.5. The van der Waals surface area contributed by atoms with Crippen molar-refractivity contribution in [1.82, 2.24) is 10.2 Å². The number of nitrogens with one attached hydrogen (secondary N) is 1. The number of benzene rings is 2. The third kappa shape index (κ3) is 5.10. The zero-order valence-electron chi connectivity index (χ0n) is 12.6. The van der Waals surface area contributed by atoms with Crippen molar-refractivity contribution in [2.45, 2.75) is 6.54 Å². The minimum atomic E-state index is 0.685. The Morgan fingerprint density at radius 3 is 2.29 bits per heavy atom. The lowest BCUT2D eigenvalue weighted by molar-refractivity contribution is 0.287. The van der Waals surface area contributed by atoms with Gasteiger partial charge in [0.1, 0.15) is 0 Å². The standard InChI is InChI=1S/C17H26N4/c18-7-10-21(11-8-19)12-9-20-14-15-5-6-16-3-1-2-4-17(16)13-15/h1-6,13,20H,7-12,14,18-19H2. The second-order valence-electron chi connectivity index (χ2n) is 5.28. The lowest BCUT2D eigenvalue weighted by Crippen LogP contribution is -2.38. The van der Waals surface area contributed by atoms with Gasteiger partial charge in [0.15, 0.2) is 0 Å². The van der Waals surface area contributed by atoms with Gasteiger partial charge in [-0.15, -0.1) is 0 Å². The zero-order chi connectivity index (χ0) is 14.9. The number of fused-ring (bicyclic) bond motifs is 1. The van der Waals surface area contributed by atoms with Gasteiger partial charge in [0, 0.05) is 45.8 Å². The van der Waals surface area contributed by atoms with Crippen molar-refractivity contribution in [3.63, 3.8) is 0 Å². The van der Waals surface area contributed by atoms with E-state index in [0.29, 0.717) is 13.1 Å². The Labute approximate surface area is 127 Å². The van der Waals surface area contributed by atoms with Gasteiger partial charge in [-0.25, -0.2) is 0 Å². The maximum Gasteiger partial charge on any atom is 0.0206 e. The van der Waals surface area contributed by atoms with Crippen LogP contribution in [0.4, 0.5) is 0 Å². The fraction of sp³-hybridized carbons (Fsp3) is 0.412. The molecule has 0 aliphatic carbocycles. The molecule has 4 nitrogen and oxygen atoms in total. The lowest BCUT2D eigenvalue weighted by atomic mass is 10.1. The minimum absolute atomic E-state index is 0.685. The first-order valence-corrected chi connectivity index (χ1v) is 7.64. The van der Waals surface area contributed by atoms with E-state index in [0.717, 1.165) is 32.7 Å². The van der Waals surface area contributed by atoms with E-state index in [1.807, 2.05) is 0 Å². The first-order valence-electron chi connectivity index (χ1n) is 7.64. The van der Waals surface area contributed by atoms with Crippen LogP contribution in [0, 0.1) is 0 Å². The molecule has 0 radical (unpaired) electrons. The summed E-state index contributed by atoms with van der Waals surface area (Å²) < 4.78 is 0. The molecule has 4 heteroatoms. The highest BCUT2D eigenvalue weighted by molar-refractivity contribution is 5.82. The molecule has 0 spiro atoms. The average Bonchev–Trinajstić information content (AvgIpc) is 2.52. The van der Waals surface area contributed by atoms with Crippen molar-refractivity contribution in [2.24, 2.45) is 11.5 Å². The Balaban J connectivity index is 1.79. The van der Waals surface area contributed by atoms with E-state index in [-0.39, 0.29) is 0 Å². The van der Waals surface area contributed by atoms with Crippen LogP contribution in [0.5, 0.6) is 0 Å². The van der Waals surface area contributed by atoms with Crippen LogP contribution in [-0.4, -0.2) is 44.2 Å². The van der Waals surface area contributed by atoms with Crippen molar-refractivity contribution >= 4 is 10.8 Å². The van der Waals surface area contributed by atoms with Gasteiger partial charge in [-0.05, 0) is 22.4 Å². The summed E-state index contributed by atoms with van der Waals surface area (Å²) >= 11 is 0. The second kappa shape index (κ2) is 8.74. The summed E-state index contributed by atoms with van der Waals surface area (Å²) in [7, 11) is 0. The number of hydrogen-bond donors (Lipinski definition) is 3. The highest BCUT2D eigenvalue weighted by Crippen LogP contribution is 2.15. The minimum Gasteiger partial charge on any atom is -0.329 e. The maximum absolute atomic E-state index is 5.60. The summed E-state index contributed by atoms with van der Waals surface area (Å²) in [5, 5.41) is 6.08. The van der Waals surface area contributed by atoms with Crippen LogP contribution in [0.2, 0.25) is 0 Å². The molecule has 2 aromatic rings. The molecule has 0 bridgehead atoms. The maximum atomic E-state index is 5.60. The first-order chi connectivity index (χ1) is 10.3. The summed E-state index contributed by atoms with van der Waals surface area (Å²) in [6.45, 7) is 6.03. The van der Waals surface area contributed by atoms with Crippen LogP contribution < -0.4 is 16.8 Å². The largest absolute Gasteiger partial charge is 0.329 e. The monoisotopic (exact) mass is 286 g/mol. The quantitative estimate of drug-likeness (QED) is 0.605. The molecule has 2 aromatic carbocycles. The van der Waals surface area contributed by atoms with E-state index in [1.54, 1.807) is 0 Å². The summed E-state index contributed by atoms with van der Waals surface area (Å²) in [4.78, 5) is 2.30. The highest BCUT2D eigenvalue weighted by Gasteiger charge is 2.02. The predicted octanol–water partition coefficient (Wildman–Crippen LogP) is 1.15. The second-order valence-corrected chi connectivity index (χ2v) is 5.28. The lowest BCUT2D eigenvalue weighted by Gasteiger charge is -2.20. The average molecular weight is 286 g/mol. The van der Waals surface area contributed by atoms with Crippen LogP contribution in [0.15, 0.2) is 42.5 Å². The Morgan fingerprint density at radius 2 is 1.57 bits per heavy atom. The van der Waals surface area contributed by atoms with Crippen LogP contribution in [-0.2, 0) is 6.54 Å². The molecule has 0 heterocycles. The highest BCUT2D eigenvalue weighted by atomic mass is 15.1. The molecule has 0 saturated heterocycles. The van der Waals surface area contributed by atoms with E-state index < -0.39 is 0 Å².